The molecule has 1 amide bonds. The van der Waals surface area contributed by atoms with E-state index in [1.165, 1.54) is 4.90 Å². The number of nitrogens with zero attached hydrogens (tertiary/aromatic N) is 6. The van der Waals surface area contributed by atoms with Gasteiger partial charge in [0.2, 0.25) is 5.91 Å². The zero-order valence-electron chi connectivity index (χ0n) is 17.7. The third-order valence-electron chi connectivity index (χ3n) is 4.67. The number of carbonyl (C=O) groups is 1. The second-order valence-electron chi connectivity index (χ2n) is 7.07. The molecule has 1 N–H and O–H groups in total. The number of amides is 1. The van der Waals surface area contributed by atoms with Gasteiger partial charge < -0.3 is 24.4 Å². The average molecular weight is 542 g/mol. The largest absolute Gasteiger partial charge is 0.379 e. The van der Waals surface area contributed by atoms with Gasteiger partial charge in [0, 0.05) is 47.8 Å². The molecule has 1 saturated heterocycles. The van der Waals surface area contributed by atoms with E-state index in [2.05, 4.69) is 20.2 Å². The fraction of sp³-hybridized carbons (Fsp3) is 0.722. The number of nitrogens with one attached hydrogen (secondary N) is 1. The fourth-order valence-electron chi connectivity index (χ4n) is 2.78. The van der Waals surface area contributed by atoms with Crippen LogP contribution < -0.4 is 5.32 Å². The van der Waals surface area contributed by atoms with E-state index in [1.807, 2.05) is 23.6 Å². The zero-order chi connectivity index (χ0) is 20.5. The van der Waals surface area contributed by atoms with Crippen LogP contribution in [-0.4, -0.2) is 103 Å². The van der Waals surface area contributed by atoms with Crippen LogP contribution in [0.2, 0.25) is 5.15 Å². The lowest BCUT2D eigenvalue weighted by molar-refractivity contribution is -0.127. The van der Waals surface area contributed by atoms with E-state index in [0.29, 0.717) is 17.7 Å². The SMILES string of the molecule is CN(C)C(=O)CN=C(NCCCN1CCOCC1)N(C)Cc1ncc(Cl)n1C.I. The molecule has 9 nitrogen and oxygen atoms in total. The number of hydrogen-bond donors (Lipinski definition) is 1. The third-order valence-corrected chi connectivity index (χ3v) is 5.02. The van der Waals surface area contributed by atoms with Crippen molar-refractivity contribution in [2.45, 2.75) is 13.0 Å². The first-order valence-electron chi connectivity index (χ1n) is 9.54. The Hall–Kier alpha value is -1.11. The summed E-state index contributed by atoms with van der Waals surface area (Å²) in [5.41, 5.74) is 0. The van der Waals surface area contributed by atoms with E-state index < -0.39 is 0 Å². The smallest absolute Gasteiger partial charge is 0.243 e. The molecule has 29 heavy (non-hydrogen) atoms. The van der Waals surface area contributed by atoms with Crippen molar-refractivity contribution in [2.24, 2.45) is 12.0 Å². The molecule has 0 bridgehead atoms. The van der Waals surface area contributed by atoms with Gasteiger partial charge in [0.05, 0.1) is 26.0 Å². The molecular weight excluding hydrogens is 509 g/mol. The maximum absolute atomic E-state index is 11.9. The van der Waals surface area contributed by atoms with Gasteiger partial charge in [-0.05, 0) is 13.0 Å². The fourth-order valence-corrected chi connectivity index (χ4v) is 2.93. The number of imidazole rings is 1. The Morgan fingerprint density at radius 2 is 2.03 bits per heavy atom. The molecule has 0 saturated carbocycles. The number of ether oxygens (including phenoxy) is 1. The molecule has 1 aliphatic heterocycles. The van der Waals surface area contributed by atoms with Crippen LogP contribution in [0.1, 0.15) is 12.2 Å². The van der Waals surface area contributed by atoms with Crippen LogP contribution in [0.4, 0.5) is 0 Å². The topological polar surface area (TPSA) is 78.2 Å². The summed E-state index contributed by atoms with van der Waals surface area (Å²) in [7, 11) is 7.26. The first-order chi connectivity index (χ1) is 13.4. The van der Waals surface area contributed by atoms with Crippen molar-refractivity contribution >= 4 is 47.4 Å². The van der Waals surface area contributed by atoms with Crippen LogP contribution >= 0.6 is 35.6 Å². The van der Waals surface area contributed by atoms with E-state index >= 15 is 0 Å². The highest BCUT2D eigenvalue weighted by Crippen LogP contribution is 2.10. The monoisotopic (exact) mass is 541 g/mol. The molecule has 1 aliphatic rings. The van der Waals surface area contributed by atoms with Gasteiger partial charge in [-0.15, -0.1) is 24.0 Å². The molecule has 166 valence electrons. The van der Waals surface area contributed by atoms with Crippen molar-refractivity contribution in [3.8, 4) is 0 Å². The van der Waals surface area contributed by atoms with Crippen molar-refractivity contribution in [3.05, 3.63) is 17.2 Å². The Bertz CT molecular complexity index is 663. The van der Waals surface area contributed by atoms with Crippen molar-refractivity contribution in [1.82, 2.24) is 29.6 Å². The van der Waals surface area contributed by atoms with Crippen LogP contribution in [0.25, 0.3) is 0 Å². The second-order valence-corrected chi connectivity index (χ2v) is 7.46. The highest BCUT2D eigenvalue weighted by atomic mass is 127. The number of likely N-dealkylation sites (N-methyl/N-ethyl adjacent to an activating group) is 1. The van der Waals surface area contributed by atoms with Gasteiger partial charge in [-0.1, -0.05) is 11.6 Å². The van der Waals surface area contributed by atoms with Gasteiger partial charge in [0.1, 0.15) is 17.5 Å². The number of aromatic nitrogens is 2. The maximum Gasteiger partial charge on any atom is 0.243 e. The Labute approximate surface area is 195 Å². The van der Waals surface area contributed by atoms with Gasteiger partial charge in [0.15, 0.2) is 5.96 Å². The summed E-state index contributed by atoms with van der Waals surface area (Å²) in [4.78, 5) is 26.7. The zero-order valence-corrected chi connectivity index (χ0v) is 20.8. The number of aliphatic imine (C=N–C) groups is 1. The minimum atomic E-state index is -0.0407. The maximum atomic E-state index is 11.9. The number of carbonyl (C=O) groups excluding carboxylic acids is 1. The van der Waals surface area contributed by atoms with Crippen LogP contribution in [-0.2, 0) is 23.1 Å². The van der Waals surface area contributed by atoms with Crippen molar-refractivity contribution in [1.29, 1.82) is 0 Å². The second kappa shape index (κ2) is 13.2. The van der Waals surface area contributed by atoms with Gasteiger partial charge in [0.25, 0.3) is 0 Å². The van der Waals surface area contributed by atoms with Gasteiger partial charge >= 0.3 is 0 Å². The van der Waals surface area contributed by atoms with Crippen molar-refractivity contribution in [2.75, 3.05) is 67.1 Å². The predicted octanol–water partition coefficient (Wildman–Crippen LogP) is 0.879. The van der Waals surface area contributed by atoms with Gasteiger partial charge in [-0.25, -0.2) is 9.98 Å². The molecular formula is C18H33ClIN7O2. The van der Waals surface area contributed by atoms with Gasteiger partial charge in [-0.2, -0.15) is 0 Å². The number of halogens is 2. The standard InChI is InChI=1S/C18H32ClN7O2.HI/c1-23(2)17(27)13-22-18(20-6-5-7-26-8-10-28-11-9-26)24(3)14-16-21-12-15(19)25(16)4;/h12H,5-11,13-14H2,1-4H3,(H,20,22);1H. The quantitative estimate of drug-likeness (QED) is 0.228. The molecule has 1 aromatic heterocycles. The Kier molecular flexibility index (Phi) is 11.8. The highest BCUT2D eigenvalue weighted by Gasteiger charge is 2.14. The van der Waals surface area contributed by atoms with E-state index in [0.717, 1.165) is 51.6 Å². The van der Waals surface area contributed by atoms with Gasteiger partial charge in [-0.3, -0.25) is 9.69 Å². The Balaban J connectivity index is 0.00000420. The number of guanidine groups is 1. The lowest BCUT2D eigenvalue weighted by Crippen LogP contribution is -2.42. The highest BCUT2D eigenvalue weighted by molar-refractivity contribution is 14.0. The summed E-state index contributed by atoms with van der Waals surface area (Å²) in [6, 6.07) is 0. The summed E-state index contributed by atoms with van der Waals surface area (Å²) in [5.74, 6) is 1.46. The number of morpholine rings is 1. The molecule has 0 atom stereocenters. The van der Waals surface area contributed by atoms with E-state index in [-0.39, 0.29) is 36.4 Å². The third kappa shape index (κ3) is 8.65. The lowest BCUT2D eigenvalue weighted by Gasteiger charge is -2.27. The Morgan fingerprint density at radius 1 is 1.34 bits per heavy atom. The van der Waals surface area contributed by atoms with Crippen LogP contribution in [0.5, 0.6) is 0 Å². The van der Waals surface area contributed by atoms with Crippen molar-refractivity contribution < 1.29 is 9.53 Å². The van der Waals surface area contributed by atoms with Crippen LogP contribution in [0.3, 0.4) is 0 Å². The number of rotatable bonds is 8. The molecule has 2 rings (SSSR count). The van der Waals surface area contributed by atoms with Crippen LogP contribution in [0, 0.1) is 0 Å². The first kappa shape index (κ1) is 25.9. The molecule has 0 aromatic carbocycles. The average Bonchev–Trinajstić information content (AvgIpc) is 2.99. The Morgan fingerprint density at radius 3 is 2.62 bits per heavy atom. The summed E-state index contributed by atoms with van der Waals surface area (Å²) in [5, 5.41) is 3.96. The molecule has 0 aliphatic carbocycles. The molecule has 0 radical (unpaired) electrons. The van der Waals surface area contributed by atoms with E-state index in [9.17, 15) is 4.79 Å². The lowest BCUT2D eigenvalue weighted by atomic mass is 10.3. The summed E-state index contributed by atoms with van der Waals surface area (Å²) >= 11 is 6.08. The summed E-state index contributed by atoms with van der Waals surface area (Å²) < 4.78 is 7.21. The normalized spacial score (nSPS) is 15.0. The van der Waals surface area contributed by atoms with Crippen molar-refractivity contribution in [3.63, 3.8) is 0 Å². The van der Waals surface area contributed by atoms with E-state index in [1.54, 1.807) is 20.3 Å². The predicted molar refractivity (Wildman–Crippen MR) is 126 cm³/mol. The molecule has 1 aromatic rings. The first-order valence-corrected chi connectivity index (χ1v) is 9.92. The summed E-state index contributed by atoms with van der Waals surface area (Å²) in [6.07, 6.45) is 2.62. The molecule has 0 spiro atoms. The van der Waals surface area contributed by atoms with E-state index in [4.69, 9.17) is 16.3 Å². The number of hydrogen-bond acceptors (Lipinski definition) is 5. The van der Waals surface area contributed by atoms with Crippen LogP contribution in [0.15, 0.2) is 11.2 Å². The molecule has 2 heterocycles. The minimum Gasteiger partial charge on any atom is -0.379 e. The molecule has 1 fully saturated rings. The minimum absolute atomic E-state index is 0. The summed E-state index contributed by atoms with van der Waals surface area (Å²) in [6.45, 7) is 6.01. The molecule has 11 heteroatoms. The molecule has 0 unspecified atom stereocenters.